The third-order valence-electron chi connectivity index (χ3n) is 6.77. The lowest BCUT2D eigenvalue weighted by Crippen LogP contribution is -2.62. The van der Waals surface area contributed by atoms with Crippen molar-refractivity contribution in [1.82, 2.24) is 4.72 Å². The van der Waals surface area contributed by atoms with Gasteiger partial charge in [-0.15, -0.1) is 0 Å². The monoisotopic (exact) mass is 425 g/mol. The molecular weight excluding hydrogens is 399 g/mol. The minimum atomic E-state index is -5.77. The van der Waals surface area contributed by atoms with Crippen LogP contribution in [0.3, 0.4) is 0 Å². The fourth-order valence-electron chi connectivity index (χ4n) is 5.33. The second-order valence-electron chi connectivity index (χ2n) is 9.43. The summed E-state index contributed by atoms with van der Waals surface area (Å²) in [7, 11) is -5.77. The summed E-state index contributed by atoms with van der Waals surface area (Å²) in [6.07, 6.45) is 3.21. The minimum Gasteiger partial charge on any atom is -0.459 e. The van der Waals surface area contributed by atoms with Crippen molar-refractivity contribution in [2.24, 2.45) is 22.7 Å². The summed E-state index contributed by atoms with van der Waals surface area (Å²) in [5.74, 6) is -1.47. The normalized spacial score (nSPS) is 34.9. The van der Waals surface area contributed by atoms with Gasteiger partial charge in [0.2, 0.25) is 5.91 Å². The Hall–Kier alpha value is -1.32. The second kappa shape index (κ2) is 6.34. The molecule has 0 aromatic heterocycles. The maximum absolute atomic E-state index is 12.7. The van der Waals surface area contributed by atoms with Crippen molar-refractivity contribution >= 4 is 21.9 Å². The minimum absolute atomic E-state index is 0.0260. The molecule has 0 aromatic carbocycles. The van der Waals surface area contributed by atoms with Crippen LogP contribution in [-0.2, 0) is 24.3 Å². The van der Waals surface area contributed by atoms with E-state index in [-0.39, 0.29) is 18.3 Å². The molecule has 4 fully saturated rings. The number of carbonyl (C=O) groups is 2. The van der Waals surface area contributed by atoms with Crippen LogP contribution in [-0.4, -0.2) is 31.4 Å². The first-order valence-corrected chi connectivity index (χ1v) is 11.0. The molecule has 4 rings (SSSR count). The topological polar surface area (TPSA) is 89.5 Å². The summed E-state index contributed by atoms with van der Waals surface area (Å²) in [5.41, 5.74) is -8.43. The molecule has 6 nitrogen and oxygen atoms in total. The van der Waals surface area contributed by atoms with E-state index in [1.165, 1.54) is 4.72 Å². The van der Waals surface area contributed by atoms with Crippen LogP contribution in [0.1, 0.15) is 65.7 Å². The van der Waals surface area contributed by atoms with Crippen molar-refractivity contribution in [3.8, 4) is 0 Å². The molecule has 28 heavy (non-hydrogen) atoms. The molecule has 4 bridgehead atoms. The highest BCUT2D eigenvalue weighted by Gasteiger charge is 2.63. The van der Waals surface area contributed by atoms with E-state index in [1.807, 2.05) is 6.92 Å². The predicted molar refractivity (Wildman–Crippen MR) is 93.1 cm³/mol. The molecule has 0 radical (unpaired) electrons. The number of hydrogen-bond acceptors (Lipinski definition) is 5. The molecule has 2 unspecified atom stereocenters. The zero-order valence-corrected chi connectivity index (χ0v) is 17.0. The fourth-order valence-corrected chi connectivity index (χ4v) is 5.91. The van der Waals surface area contributed by atoms with Gasteiger partial charge in [-0.1, -0.05) is 6.92 Å². The Morgan fingerprint density at radius 3 is 2.11 bits per heavy atom. The van der Waals surface area contributed by atoms with Gasteiger partial charge in [0, 0.05) is 6.42 Å². The van der Waals surface area contributed by atoms with E-state index in [2.05, 4.69) is 0 Å². The van der Waals surface area contributed by atoms with Crippen molar-refractivity contribution in [2.45, 2.75) is 76.8 Å². The molecule has 0 aromatic rings. The van der Waals surface area contributed by atoms with Gasteiger partial charge in [-0.25, -0.2) is 4.72 Å². The van der Waals surface area contributed by atoms with Crippen LogP contribution in [0.4, 0.5) is 13.2 Å². The second-order valence-corrected chi connectivity index (χ2v) is 11.1. The number of nitrogens with one attached hydrogen (secondary N) is 1. The van der Waals surface area contributed by atoms with Gasteiger partial charge in [0.25, 0.3) is 0 Å². The van der Waals surface area contributed by atoms with Crippen LogP contribution in [0.15, 0.2) is 0 Å². The van der Waals surface area contributed by atoms with Gasteiger partial charge >= 0.3 is 21.5 Å². The third-order valence-corrected chi connectivity index (χ3v) is 7.83. The van der Waals surface area contributed by atoms with Crippen LogP contribution in [0.25, 0.3) is 0 Å². The van der Waals surface area contributed by atoms with Gasteiger partial charge in [0.05, 0.1) is 10.8 Å². The summed E-state index contributed by atoms with van der Waals surface area (Å²) in [4.78, 5) is 25.4. The van der Waals surface area contributed by atoms with Gasteiger partial charge in [-0.05, 0) is 64.2 Å². The highest BCUT2D eigenvalue weighted by atomic mass is 32.2. The molecule has 1 amide bonds. The Morgan fingerprint density at radius 2 is 1.64 bits per heavy atom. The standard InChI is InChI=1S/C18H26F3NO5S/c1-4-15(2,3)14(24)27-17-8-11-5-12(9-17)7-16(6-11,10-17)13(23)22-28(25,26)18(19,20)21/h11-12H,4-10H2,1-3H3,(H,22,23). The number of ether oxygens (including phenoxy) is 1. The number of halogens is 3. The number of hydrogen-bond donors (Lipinski definition) is 1. The van der Waals surface area contributed by atoms with Crippen molar-refractivity contribution in [1.29, 1.82) is 0 Å². The predicted octanol–water partition coefficient (Wildman–Crippen LogP) is 3.27. The number of rotatable bonds is 5. The van der Waals surface area contributed by atoms with Gasteiger partial charge in [-0.3, -0.25) is 9.59 Å². The summed E-state index contributed by atoms with van der Waals surface area (Å²) in [5, 5.41) is 0. The van der Waals surface area contributed by atoms with Gasteiger partial charge in [-0.2, -0.15) is 21.6 Å². The van der Waals surface area contributed by atoms with Crippen molar-refractivity contribution in [2.75, 3.05) is 0 Å². The molecule has 2 atom stereocenters. The van der Waals surface area contributed by atoms with Gasteiger partial charge < -0.3 is 4.74 Å². The average molecular weight is 425 g/mol. The number of sulfonamides is 1. The first-order valence-electron chi connectivity index (χ1n) is 9.51. The number of amides is 1. The largest absolute Gasteiger partial charge is 0.516 e. The molecule has 10 heteroatoms. The van der Waals surface area contributed by atoms with E-state index in [4.69, 9.17) is 4.74 Å². The molecule has 0 spiro atoms. The van der Waals surface area contributed by atoms with Crippen LogP contribution in [0, 0.1) is 22.7 Å². The lowest BCUT2D eigenvalue weighted by atomic mass is 9.47. The Morgan fingerprint density at radius 1 is 1.11 bits per heavy atom. The van der Waals surface area contributed by atoms with E-state index >= 15 is 0 Å². The molecule has 1 N–H and O–H groups in total. The van der Waals surface area contributed by atoms with E-state index in [1.54, 1.807) is 13.8 Å². The van der Waals surface area contributed by atoms with Crippen LogP contribution in [0.5, 0.6) is 0 Å². The molecule has 4 saturated carbocycles. The molecule has 0 saturated heterocycles. The molecule has 4 aliphatic rings. The third kappa shape index (κ3) is 3.52. The van der Waals surface area contributed by atoms with E-state index in [9.17, 15) is 31.2 Å². The zero-order valence-electron chi connectivity index (χ0n) is 16.2. The smallest absolute Gasteiger partial charge is 0.459 e. The number of esters is 1. The lowest BCUT2D eigenvalue weighted by molar-refractivity contribution is -0.210. The molecule has 160 valence electrons. The maximum atomic E-state index is 12.7. The molecule has 0 aliphatic heterocycles. The molecule has 0 heterocycles. The first-order chi connectivity index (χ1) is 12.6. The highest BCUT2D eigenvalue weighted by Crippen LogP contribution is 2.63. The summed E-state index contributed by atoms with van der Waals surface area (Å²) in [6.45, 7) is 5.38. The van der Waals surface area contributed by atoms with Crippen LogP contribution in [0.2, 0.25) is 0 Å². The summed E-state index contributed by atoms with van der Waals surface area (Å²) >= 11 is 0. The van der Waals surface area contributed by atoms with E-state index < -0.39 is 43.8 Å². The van der Waals surface area contributed by atoms with Crippen LogP contribution >= 0.6 is 0 Å². The quantitative estimate of drug-likeness (QED) is 0.683. The van der Waals surface area contributed by atoms with E-state index in [0.717, 1.165) is 6.42 Å². The van der Waals surface area contributed by atoms with Crippen molar-refractivity contribution < 1.29 is 35.9 Å². The van der Waals surface area contributed by atoms with Gasteiger partial charge in [0.15, 0.2) is 0 Å². The molecular formula is C18H26F3NO5S. The molecule has 4 aliphatic carbocycles. The Kier molecular flexibility index (Phi) is 4.84. The van der Waals surface area contributed by atoms with E-state index in [0.29, 0.717) is 32.1 Å². The van der Waals surface area contributed by atoms with Gasteiger partial charge in [0.1, 0.15) is 5.60 Å². The number of alkyl halides is 3. The summed E-state index contributed by atoms with van der Waals surface area (Å²) < 4.78 is 68.1. The zero-order chi connectivity index (χ0) is 21.2. The Labute approximate surface area is 162 Å². The fraction of sp³-hybridized carbons (Fsp3) is 0.889. The summed E-state index contributed by atoms with van der Waals surface area (Å²) in [6, 6.07) is 0. The van der Waals surface area contributed by atoms with Crippen LogP contribution < -0.4 is 4.72 Å². The Bertz CT molecular complexity index is 776. The average Bonchev–Trinajstić information content (AvgIpc) is 2.51. The first kappa shape index (κ1) is 21.4. The Balaban J connectivity index is 1.86. The highest BCUT2D eigenvalue weighted by molar-refractivity contribution is 7.90. The SMILES string of the molecule is CCC(C)(C)C(=O)OC12CC3CC(C1)CC(C(=O)NS(=O)(=O)C(F)(F)F)(C3)C2. The maximum Gasteiger partial charge on any atom is 0.516 e. The van der Waals surface area contributed by atoms with Crippen molar-refractivity contribution in [3.63, 3.8) is 0 Å². The lowest BCUT2D eigenvalue weighted by Gasteiger charge is -2.60. The number of carbonyl (C=O) groups excluding carboxylic acids is 2. The van der Waals surface area contributed by atoms with Crippen molar-refractivity contribution in [3.05, 3.63) is 0 Å².